The van der Waals surface area contributed by atoms with E-state index >= 15 is 0 Å². The second-order valence-electron chi connectivity index (χ2n) is 16.6. The minimum Gasteiger partial charge on any atom is -0.463 e. The maximum absolute atomic E-state index is 14.3. The van der Waals surface area contributed by atoms with Crippen molar-refractivity contribution in [3.63, 3.8) is 0 Å². The largest absolute Gasteiger partial charge is 0.463 e. The van der Waals surface area contributed by atoms with Crippen molar-refractivity contribution in [3.8, 4) is 0 Å². The molecular weight excluding hydrogens is 628 g/mol. The Morgan fingerprint density at radius 3 is 2.18 bits per heavy atom. The van der Waals surface area contributed by atoms with Crippen LogP contribution >= 0.6 is 0 Å². The Bertz CT molecular complexity index is 1110. The van der Waals surface area contributed by atoms with E-state index in [9.17, 15) is 19.5 Å². The Hall–Kier alpha value is -1.67. The van der Waals surface area contributed by atoms with Crippen molar-refractivity contribution >= 4 is 17.7 Å². The number of amides is 1. The lowest BCUT2D eigenvalue weighted by Gasteiger charge is -2.47. The molecule has 1 N–H and O–H groups in total. The molecule has 2 heterocycles. The van der Waals surface area contributed by atoms with Crippen molar-refractivity contribution in [1.29, 1.82) is 0 Å². The van der Waals surface area contributed by atoms with E-state index in [0.29, 0.717) is 25.9 Å². The summed E-state index contributed by atoms with van der Waals surface area (Å²) in [5.41, 5.74) is -2.39. The summed E-state index contributed by atoms with van der Waals surface area (Å²) in [6, 6.07) is -0.0474. The van der Waals surface area contributed by atoms with Crippen LogP contribution in [-0.4, -0.2) is 160 Å². The SMILES string of the molecule is CO[C@]1(C)C[C@@H](C)CN(C)[C@@H](C2CCC(N(C)C(=O)CN(C)C)CC2)COC(=O)C(C)(C)C(=O)[C@H](C)C1OC1O[C@H](C)C[C@H](N(C)C)[C@H]1O. The van der Waals surface area contributed by atoms with E-state index in [4.69, 9.17) is 18.9 Å². The van der Waals surface area contributed by atoms with Crippen LogP contribution in [0.5, 0.6) is 0 Å². The van der Waals surface area contributed by atoms with Gasteiger partial charge in [-0.3, -0.25) is 19.3 Å². The van der Waals surface area contributed by atoms with Gasteiger partial charge in [0.05, 0.1) is 24.4 Å². The molecule has 3 rings (SSSR count). The van der Waals surface area contributed by atoms with Crippen LogP contribution < -0.4 is 0 Å². The third-order valence-corrected chi connectivity index (χ3v) is 11.6. The van der Waals surface area contributed by atoms with E-state index < -0.39 is 41.4 Å². The molecule has 1 amide bonds. The Balaban J connectivity index is 1.90. The zero-order valence-electron chi connectivity index (χ0n) is 32.7. The van der Waals surface area contributed by atoms with E-state index in [1.54, 1.807) is 27.9 Å². The van der Waals surface area contributed by atoms with Crippen LogP contribution in [-0.2, 0) is 33.3 Å². The highest BCUT2D eigenvalue weighted by Crippen LogP contribution is 2.39. The number of likely N-dealkylation sites (N-methyl/N-ethyl adjacent to an activating group) is 4. The predicted octanol–water partition coefficient (Wildman–Crippen LogP) is 2.90. The number of aliphatic hydroxyl groups is 1. The van der Waals surface area contributed by atoms with Gasteiger partial charge < -0.3 is 38.8 Å². The Labute approximate surface area is 296 Å². The molecule has 284 valence electrons. The molecule has 0 aromatic carbocycles. The summed E-state index contributed by atoms with van der Waals surface area (Å²) in [5.74, 6) is -1.14. The number of hydrogen-bond donors (Lipinski definition) is 1. The highest BCUT2D eigenvalue weighted by molar-refractivity contribution is 6.04. The number of Topliss-reactive ketones (excluding diaryl/α,β-unsaturated/α-hetero) is 1. The molecule has 0 spiro atoms. The average molecular weight is 697 g/mol. The first-order valence-electron chi connectivity index (χ1n) is 18.3. The molecular formula is C37H68N4O8. The van der Waals surface area contributed by atoms with Gasteiger partial charge in [0, 0.05) is 44.7 Å². The number of rotatable bonds is 8. The minimum absolute atomic E-state index is 0.0460. The average Bonchev–Trinajstić information content (AvgIpc) is 3.03. The number of methoxy groups -OCH3 is 1. The summed E-state index contributed by atoms with van der Waals surface area (Å²) in [6.45, 7) is 12.4. The molecule has 9 atom stereocenters. The van der Waals surface area contributed by atoms with Crippen LogP contribution in [0.25, 0.3) is 0 Å². The molecule has 2 saturated heterocycles. The normalized spacial score (nSPS) is 38.8. The van der Waals surface area contributed by atoms with E-state index in [2.05, 4.69) is 18.9 Å². The molecule has 2 aliphatic heterocycles. The first-order chi connectivity index (χ1) is 22.7. The third kappa shape index (κ3) is 10.0. The fraction of sp³-hybridized carbons (Fsp3) is 0.919. The fourth-order valence-corrected chi connectivity index (χ4v) is 8.52. The van der Waals surface area contributed by atoms with Gasteiger partial charge in [-0.1, -0.05) is 13.8 Å². The number of nitrogens with zero attached hydrogens (tertiary/aromatic N) is 4. The second kappa shape index (κ2) is 17.2. The number of aliphatic hydroxyl groups excluding tert-OH is 1. The highest BCUT2D eigenvalue weighted by Gasteiger charge is 2.51. The lowest BCUT2D eigenvalue weighted by molar-refractivity contribution is -0.295. The summed E-state index contributed by atoms with van der Waals surface area (Å²) in [4.78, 5) is 48.9. The van der Waals surface area contributed by atoms with Crippen molar-refractivity contribution in [3.05, 3.63) is 0 Å². The summed E-state index contributed by atoms with van der Waals surface area (Å²) in [6.07, 6.45) is 1.89. The van der Waals surface area contributed by atoms with Gasteiger partial charge >= 0.3 is 5.97 Å². The van der Waals surface area contributed by atoms with Crippen molar-refractivity contribution in [2.75, 3.05) is 69.1 Å². The molecule has 1 aliphatic carbocycles. The molecule has 49 heavy (non-hydrogen) atoms. The summed E-state index contributed by atoms with van der Waals surface area (Å²) in [5, 5.41) is 11.4. The molecule has 0 aromatic rings. The Kier molecular flexibility index (Phi) is 14.7. The third-order valence-electron chi connectivity index (χ3n) is 11.6. The molecule has 0 aromatic heterocycles. The summed E-state index contributed by atoms with van der Waals surface area (Å²) >= 11 is 0. The van der Waals surface area contributed by atoms with Crippen LogP contribution in [0, 0.1) is 23.2 Å². The molecule has 12 heteroatoms. The molecule has 3 fully saturated rings. The zero-order chi connectivity index (χ0) is 37.0. The number of esters is 1. The van der Waals surface area contributed by atoms with Crippen LogP contribution in [0.1, 0.15) is 80.1 Å². The van der Waals surface area contributed by atoms with Gasteiger partial charge in [0.25, 0.3) is 0 Å². The lowest BCUT2D eigenvalue weighted by Crippen LogP contribution is -2.59. The number of hydrogen-bond acceptors (Lipinski definition) is 11. The summed E-state index contributed by atoms with van der Waals surface area (Å²) < 4.78 is 25.1. The molecule has 3 aliphatic rings. The number of ketones is 1. The first-order valence-corrected chi connectivity index (χ1v) is 18.3. The van der Waals surface area contributed by atoms with E-state index in [1.807, 2.05) is 63.8 Å². The number of ether oxygens (including phenoxy) is 4. The topological polar surface area (TPSA) is 121 Å². The molecule has 0 bridgehead atoms. The van der Waals surface area contributed by atoms with Crippen LogP contribution in [0.3, 0.4) is 0 Å². The van der Waals surface area contributed by atoms with Gasteiger partial charge in [-0.15, -0.1) is 0 Å². The standard InChI is InChI=1S/C37H68N4O8/c1-23-19-37(6,46-13)33(49-34-31(43)28(39(9)10)18-24(2)48-34)25(3)32(44)36(4,5)35(45)47-22-29(40(11)20-23)26-14-16-27(17-15-26)41(12)30(42)21-38(7)8/h23-29,31,33-34,43H,14-22H2,1-13H3/t23-,24-,25+,26?,27?,28+,29-,31-,33?,34?,37-/m1/s1. The molecule has 0 radical (unpaired) electrons. The van der Waals surface area contributed by atoms with Crippen molar-refractivity contribution in [2.24, 2.45) is 23.2 Å². The maximum Gasteiger partial charge on any atom is 0.319 e. The second-order valence-corrected chi connectivity index (χ2v) is 16.6. The smallest absolute Gasteiger partial charge is 0.319 e. The van der Waals surface area contributed by atoms with Gasteiger partial charge in [-0.2, -0.15) is 0 Å². The van der Waals surface area contributed by atoms with Crippen LogP contribution in [0.15, 0.2) is 0 Å². The van der Waals surface area contributed by atoms with E-state index in [-0.39, 0.29) is 54.4 Å². The maximum atomic E-state index is 14.3. The Morgan fingerprint density at radius 1 is 1.02 bits per heavy atom. The lowest BCUT2D eigenvalue weighted by atomic mass is 9.74. The Morgan fingerprint density at radius 2 is 1.63 bits per heavy atom. The first kappa shape index (κ1) is 41.7. The van der Waals surface area contributed by atoms with Crippen molar-refractivity contribution in [2.45, 2.75) is 128 Å². The fourth-order valence-electron chi connectivity index (χ4n) is 8.52. The van der Waals surface area contributed by atoms with Gasteiger partial charge in [0.1, 0.15) is 18.1 Å². The highest BCUT2D eigenvalue weighted by atomic mass is 16.7. The van der Waals surface area contributed by atoms with Crippen LogP contribution in [0.4, 0.5) is 0 Å². The number of cyclic esters (lactones) is 1. The van der Waals surface area contributed by atoms with E-state index in [0.717, 1.165) is 25.7 Å². The minimum atomic E-state index is -1.45. The molecule has 12 nitrogen and oxygen atoms in total. The van der Waals surface area contributed by atoms with Gasteiger partial charge in [0.15, 0.2) is 12.1 Å². The van der Waals surface area contributed by atoms with Crippen molar-refractivity contribution < 1.29 is 38.4 Å². The quantitative estimate of drug-likeness (QED) is 0.298. The monoisotopic (exact) mass is 697 g/mol. The van der Waals surface area contributed by atoms with Gasteiger partial charge in [0.2, 0.25) is 5.91 Å². The molecule has 2 unspecified atom stereocenters. The number of carbonyl (C=O) groups excluding carboxylic acids is 3. The van der Waals surface area contributed by atoms with Gasteiger partial charge in [-0.05, 0) is 113 Å². The summed E-state index contributed by atoms with van der Waals surface area (Å²) in [7, 11) is 13.3. The van der Waals surface area contributed by atoms with Crippen molar-refractivity contribution in [1.82, 2.24) is 19.6 Å². The zero-order valence-corrected chi connectivity index (χ0v) is 32.7. The van der Waals surface area contributed by atoms with E-state index in [1.165, 1.54) is 0 Å². The van der Waals surface area contributed by atoms with Gasteiger partial charge in [-0.25, -0.2) is 0 Å². The van der Waals surface area contributed by atoms with Crippen LogP contribution in [0.2, 0.25) is 0 Å². The predicted molar refractivity (Wildman–Crippen MR) is 189 cm³/mol. The molecule has 1 saturated carbocycles. The number of carbonyl (C=O) groups is 3.